The van der Waals surface area contributed by atoms with Crippen molar-refractivity contribution in [1.29, 1.82) is 0 Å². The number of benzene rings is 6. The van der Waals surface area contributed by atoms with Crippen LogP contribution >= 0.6 is 14.5 Å². The Morgan fingerprint density at radius 1 is 0.410 bits per heavy atom. The number of esters is 2. The van der Waals surface area contributed by atoms with Gasteiger partial charge in [-0.3, -0.25) is 0 Å². The monoisotopic (exact) mass is 853 g/mol. The Morgan fingerprint density at radius 3 is 0.885 bits per heavy atom. The molecule has 0 radical (unpaired) electrons. The van der Waals surface area contributed by atoms with Crippen molar-refractivity contribution in [3.8, 4) is 0 Å². The first-order valence-corrected chi connectivity index (χ1v) is 26.1. The van der Waals surface area contributed by atoms with E-state index in [1.165, 1.54) is 31.8 Å². The number of carbonyl (C=O) groups excluding carboxylic acids is 3. The molecule has 6 aromatic carbocycles. The van der Waals surface area contributed by atoms with Gasteiger partial charge >= 0.3 is 365 Å². The van der Waals surface area contributed by atoms with Gasteiger partial charge in [-0.05, 0) is 0 Å². The number of hydrogen-bond acceptors (Lipinski definition) is 5. The van der Waals surface area contributed by atoms with Crippen LogP contribution in [0.25, 0.3) is 0 Å². The predicted octanol–water partition coefficient (Wildman–Crippen LogP) is 8.14. The van der Waals surface area contributed by atoms with Gasteiger partial charge in [0, 0.05) is 0 Å². The van der Waals surface area contributed by atoms with Crippen LogP contribution in [0.5, 0.6) is 0 Å². The number of rotatable bonds is 23. The summed E-state index contributed by atoms with van der Waals surface area (Å²) in [5.41, 5.74) is 4.45. The molecule has 318 valence electrons. The summed E-state index contributed by atoms with van der Waals surface area (Å²) in [4.78, 5) is 38.5. The molecule has 0 heterocycles. The van der Waals surface area contributed by atoms with E-state index in [1.807, 2.05) is 0 Å². The maximum atomic E-state index is 12.9. The van der Waals surface area contributed by atoms with Gasteiger partial charge in [-0.15, -0.1) is 0 Å². The molecule has 1 amide bonds. The van der Waals surface area contributed by atoms with Gasteiger partial charge in [-0.25, -0.2) is 0 Å². The molecular weight excluding hydrogens is 793 g/mol. The summed E-state index contributed by atoms with van der Waals surface area (Å²) in [6.45, 7) is 1.09. The molecule has 0 atom stereocenters. The molecule has 0 spiro atoms. The predicted molar refractivity (Wildman–Crippen MR) is 259 cm³/mol. The Balaban J connectivity index is 0.967. The number of hydrogen-bond donors (Lipinski definition) is 1. The molecule has 0 saturated heterocycles. The Morgan fingerprint density at radius 2 is 0.656 bits per heavy atom. The van der Waals surface area contributed by atoms with E-state index in [1.54, 1.807) is 6.92 Å². The van der Waals surface area contributed by atoms with Crippen LogP contribution in [0.2, 0.25) is 0 Å². The van der Waals surface area contributed by atoms with Gasteiger partial charge in [0.1, 0.15) is 0 Å². The van der Waals surface area contributed by atoms with Crippen molar-refractivity contribution in [3.05, 3.63) is 182 Å². The van der Waals surface area contributed by atoms with Gasteiger partial charge in [-0.1, -0.05) is 0 Å². The minimum absolute atomic E-state index is 0.230. The summed E-state index contributed by atoms with van der Waals surface area (Å²) in [6.07, 6.45) is 7.40. The first kappa shape index (κ1) is 45.1. The summed E-state index contributed by atoms with van der Waals surface area (Å²) >= 11 is 0. The summed E-state index contributed by atoms with van der Waals surface area (Å²) < 4.78 is 11.2. The third kappa shape index (κ3) is 11.5. The van der Waals surface area contributed by atoms with E-state index in [2.05, 4.69) is 182 Å². The second-order valence-corrected chi connectivity index (χ2v) is 24.5. The van der Waals surface area contributed by atoms with Crippen LogP contribution in [0, 0.1) is 5.41 Å². The van der Waals surface area contributed by atoms with Crippen molar-refractivity contribution in [1.82, 2.24) is 0 Å². The Labute approximate surface area is 363 Å². The van der Waals surface area contributed by atoms with Gasteiger partial charge in [0.05, 0.1) is 0 Å². The van der Waals surface area contributed by atoms with E-state index >= 15 is 0 Å². The Bertz CT molecular complexity index is 1900. The fourth-order valence-corrected chi connectivity index (χ4v) is 18.5. The summed E-state index contributed by atoms with van der Waals surface area (Å²) in [6, 6.07) is 65.0. The second kappa shape index (κ2) is 22.4. The van der Waals surface area contributed by atoms with Gasteiger partial charge in [0.15, 0.2) is 0 Å². The molecule has 61 heavy (non-hydrogen) atoms. The fourth-order valence-electron chi connectivity index (χ4n) is 8.68. The van der Waals surface area contributed by atoms with E-state index in [9.17, 15) is 14.4 Å². The minimum atomic E-state index is -2.34. The molecule has 0 unspecified atom stereocenters. The number of amides is 1. The Hall–Kier alpha value is -5.41. The molecule has 6 rings (SSSR count). The van der Waals surface area contributed by atoms with Crippen molar-refractivity contribution in [2.24, 2.45) is 11.1 Å². The Kier molecular flexibility index (Phi) is 16.6. The van der Waals surface area contributed by atoms with Crippen LogP contribution in [0.4, 0.5) is 0 Å². The van der Waals surface area contributed by atoms with Crippen LogP contribution < -0.4 is 37.6 Å². The topological polar surface area (TPSA) is 95.7 Å². The third-order valence-corrected chi connectivity index (χ3v) is 22.3. The molecular formula is C53H61NO5P2. The number of nitrogens with two attached hydrogens (primary N) is 1. The van der Waals surface area contributed by atoms with Crippen molar-refractivity contribution >= 4 is 64.2 Å². The third-order valence-electron chi connectivity index (χ3n) is 12.2. The average molecular weight is 854 g/mol. The van der Waals surface area contributed by atoms with Crippen LogP contribution in [0.15, 0.2) is 182 Å². The van der Waals surface area contributed by atoms with E-state index in [0.717, 1.165) is 38.0 Å². The van der Waals surface area contributed by atoms with Crippen LogP contribution in [-0.4, -0.2) is 43.4 Å². The normalized spacial score (nSPS) is 13.1. The molecule has 6 aromatic rings. The molecule has 8 heteroatoms. The summed E-state index contributed by atoms with van der Waals surface area (Å²) in [5, 5.41) is 8.21. The van der Waals surface area contributed by atoms with Gasteiger partial charge in [-0.2, -0.15) is 0 Å². The van der Waals surface area contributed by atoms with Gasteiger partial charge in [0.25, 0.3) is 0 Å². The standard InChI is InChI=1S/C53H61NO5P2/c1-53(52(54)57,42-58-50(55)38-22-8-24-40-60(44-26-10-2-11-27-44,45-28-12-3-13-29-45)46-30-14-4-15-31-46)43-59-51(56)39-23-9-25-41-61(47-32-16-5-17-33-47,48-34-18-6-19-35-48)49-36-20-7-21-37-49/h2-7,10-21,26-37,60-61H,8-9,22-25,38-43H2,1H3,(H2,54,57). The number of ether oxygens (including phenoxy) is 2. The fraction of sp³-hybridized carbons (Fsp3) is 0.264. The quantitative estimate of drug-likeness (QED) is 0.0399. The summed E-state index contributed by atoms with van der Waals surface area (Å²) in [5.74, 6) is -1.46. The van der Waals surface area contributed by atoms with Gasteiger partial charge in [0.2, 0.25) is 0 Å². The van der Waals surface area contributed by atoms with Crippen LogP contribution in [-0.2, 0) is 23.9 Å². The maximum absolute atomic E-state index is 12.9. The first-order valence-electron chi connectivity index (χ1n) is 21.7. The van der Waals surface area contributed by atoms with Crippen LogP contribution in [0.3, 0.4) is 0 Å². The zero-order valence-corrected chi connectivity index (χ0v) is 37.4. The van der Waals surface area contributed by atoms with E-state index < -0.39 is 37.8 Å². The SMILES string of the molecule is CC(COC(=O)CCCCC[PH](c1ccccc1)(c1ccccc1)c1ccccc1)(COC(=O)CCCCC[PH](c1ccccc1)(c1ccccc1)c1ccccc1)C(N)=O. The molecule has 0 bridgehead atoms. The number of carbonyl (C=O) groups is 3. The first-order chi connectivity index (χ1) is 29.8. The molecule has 0 aliphatic carbocycles. The van der Waals surface area contributed by atoms with Crippen LogP contribution in [0.1, 0.15) is 58.3 Å². The molecule has 0 aliphatic heterocycles. The average Bonchev–Trinajstić information content (AvgIpc) is 3.32. The van der Waals surface area contributed by atoms with Crippen molar-refractivity contribution < 1.29 is 23.9 Å². The zero-order chi connectivity index (χ0) is 42.8. The molecule has 2 N–H and O–H groups in total. The number of unbranched alkanes of at least 4 members (excludes halogenated alkanes) is 4. The molecule has 0 fully saturated rings. The van der Waals surface area contributed by atoms with Crippen molar-refractivity contribution in [2.45, 2.75) is 58.3 Å². The van der Waals surface area contributed by atoms with E-state index in [4.69, 9.17) is 15.2 Å². The van der Waals surface area contributed by atoms with E-state index in [0.29, 0.717) is 12.8 Å². The summed E-state index contributed by atoms with van der Waals surface area (Å²) in [7, 11) is -4.68. The van der Waals surface area contributed by atoms with Crippen molar-refractivity contribution in [3.63, 3.8) is 0 Å². The van der Waals surface area contributed by atoms with E-state index in [-0.39, 0.29) is 26.1 Å². The molecule has 6 nitrogen and oxygen atoms in total. The van der Waals surface area contributed by atoms with Gasteiger partial charge < -0.3 is 0 Å². The zero-order valence-electron chi connectivity index (χ0n) is 35.4. The molecule has 0 aromatic heterocycles. The molecule has 0 saturated carbocycles. The van der Waals surface area contributed by atoms with Crippen molar-refractivity contribution in [2.75, 3.05) is 25.5 Å². The molecule has 0 aliphatic rings. The number of primary amides is 1. The second-order valence-electron chi connectivity index (χ2n) is 16.4.